The number of amides is 2. The van der Waals surface area contributed by atoms with Crippen molar-refractivity contribution in [1.82, 2.24) is 0 Å². The molecule has 2 N–H and O–H groups in total. The van der Waals surface area contributed by atoms with Crippen LogP contribution in [0.3, 0.4) is 0 Å². The molecule has 0 spiro atoms. The summed E-state index contributed by atoms with van der Waals surface area (Å²) in [5.41, 5.74) is 5.74. The van der Waals surface area contributed by atoms with Crippen molar-refractivity contribution in [1.29, 1.82) is 0 Å². The smallest absolute Gasteiger partial charge is 0.233 e. The van der Waals surface area contributed by atoms with E-state index in [4.69, 9.17) is 0 Å². The van der Waals surface area contributed by atoms with Gasteiger partial charge in [-0.3, -0.25) is 9.59 Å². The number of carbonyl (C=O) groups is 2. The van der Waals surface area contributed by atoms with Gasteiger partial charge in [0.25, 0.3) is 0 Å². The Balaban J connectivity index is 2.03. The lowest BCUT2D eigenvalue weighted by atomic mass is 10.0. The van der Waals surface area contributed by atoms with Crippen LogP contribution in [0.25, 0.3) is 0 Å². The van der Waals surface area contributed by atoms with Crippen molar-refractivity contribution >= 4 is 23.2 Å². The highest BCUT2D eigenvalue weighted by molar-refractivity contribution is 6.08. The summed E-state index contributed by atoms with van der Waals surface area (Å²) in [4.78, 5) is 24.5. The topological polar surface area (TPSA) is 58.2 Å². The molecule has 0 aliphatic heterocycles. The summed E-state index contributed by atoms with van der Waals surface area (Å²) in [6.07, 6.45) is -0.209. The number of rotatable bonds is 5. The second-order valence-electron chi connectivity index (χ2n) is 6.79. The fraction of sp³-hybridized carbons (Fsp3) is 0.333. The van der Waals surface area contributed by atoms with Crippen molar-refractivity contribution in [2.24, 2.45) is 0 Å². The third-order valence-corrected chi connectivity index (χ3v) is 4.12. The number of benzene rings is 2. The van der Waals surface area contributed by atoms with Gasteiger partial charge < -0.3 is 10.6 Å². The van der Waals surface area contributed by atoms with Crippen LogP contribution in [0.2, 0.25) is 0 Å². The van der Waals surface area contributed by atoms with Crippen molar-refractivity contribution in [3.8, 4) is 0 Å². The maximum Gasteiger partial charge on any atom is 0.233 e. The largest absolute Gasteiger partial charge is 0.325 e. The molecule has 0 aromatic heterocycles. The molecule has 0 aliphatic carbocycles. The lowest BCUT2D eigenvalue weighted by Crippen LogP contribution is -2.22. The van der Waals surface area contributed by atoms with Gasteiger partial charge in [-0.2, -0.15) is 0 Å². The molecule has 132 valence electrons. The Morgan fingerprint density at radius 3 is 2.08 bits per heavy atom. The fourth-order valence-electron chi connectivity index (χ4n) is 3.02. The van der Waals surface area contributed by atoms with E-state index in [0.29, 0.717) is 5.92 Å². The highest BCUT2D eigenvalue weighted by atomic mass is 16.2. The third-order valence-electron chi connectivity index (χ3n) is 4.12. The van der Waals surface area contributed by atoms with E-state index in [9.17, 15) is 9.59 Å². The minimum Gasteiger partial charge on any atom is -0.325 e. The minimum absolute atomic E-state index is 0.209. The molecular formula is C21H26N2O2. The van der Waals surface area contributed by atoms with Gasteiger partial charge >= 0.3 is 0 Å². The lowest BCUT2D eigenvalue weighted by molar-refractivity contribution is -0.123. The van der Waals surface area contributed by atoms with Crippen LogP contribution in [0, 0.1) is 20.8 Å². The van der Waals surface area contributed by atoms with Gasteiger partial charge in [0.2, 0.25) is 11.8 Å². The average molecular weight is 338 g/mol. The van der Waals surface area contributed by atoms with Crippen LogP contribution in [-0.4, -0.2) is 11.8 Å². The van der Waals surface area contributed by atoms with Gasteiger partial charge in [-0.15, -0.1) is 0 Å². The van der Waals surface area contributed by atoms with Crippen molar-refractivity contribution in [2.75, 3.05) is 10.6 Å². The molecule has 0 fully saturated rings. The third kappa shape index (κ3) is 4.92. The van der Waals surface area contributed by atoms with Crippen LogP contribution in [0.15, 0.2) is 36.4 Å². The molecule has 0 heterocycles. The van der Waals surface area contributed by atoms with E-state index in [1.54, 1.807) is 0 Å². The monoisotopic (exact) mass is 338 g/mol. The van der Waals surface area contributed by atoms with Gasteiger partial charge in [-0.25, -0.2) is 0 Å². The molecule has 0 atom stereocenters. The number of carbonyl (C=O) groups excluding carboxylic acids is 2. The Hall–Kier alpha value is -2.62. The zero-order valence-electron chi connectivity index (χ0n) is 15.6. The molecule has 0 saturated carbocycles. The van der Waals surface area contributed by atoms with Crippen molar-refractivity contribution in [3.05, 3.63) is 58.7 Å². The summed E-state index contributed by atoms with van der Waals surface area (Å²) >= 11 is 0. The Kier molecular flexibility index (Phi) is 5.97. The predicted octanol–water partition coefficient (Wildman–Crippen LogP) is 4.70. The molecule has 25 heavy (non-hydrogen) atoms. The van der Waals surface area contributed by atoms with Crippen LogP contribution in [0.4, 0.5) is 11.4 Å². The van der Waals surface area contributed by atoms with E-state index < -0.39 is 0 Å². The molecule has 0 radical (unpaired) electrons. The molecular weight excluding hydrogens is 312 g/mol. The van der Waals surface area contributed by atoms with Crippen LogP contribution in [0.5, 0.6) is 0 Å². The number of aryl methyl sites for hydroxylation is 3. The van der Waals surface area contributed by atoms with Gasteiger partial charge in [0.15, 0.2) is 0 Å². The van der Waals surface area contributed by atoms with Crippen LogP contribution in [-0.2, 0) is 9.59 Å². The zero-order valence-corrected chi connectivity index (χ0v) is 15.6. The zero-order chi connectivity index (χ0) is 18.6. The SMILES string of the molecule is Cc1cc(C)c(NC(=O)CC(=O)Nc2ccccc2C(C)C)c(C)c1. The normalized spacial score (nSPS) is 10.6. The van der Waals surface area contributed by atoms with E-state index in [2.05, 4.69) is 24.5 Å². The maximum absolute atomic E-state index is 12.2. The van der Waals surface area contributed by atoms with E-state index in [1.165, 1.54) is 0 Å². The number of anilines is 2. The summed E-state index contributed by atoms with van der Waals surface area (Å²) in [7, 11) is 0. The van der Waals surface area contributed by atoms with Crippen LogP contribution >= 0.6 is 0 Å². The highest BCUT2D eigenvalue weighted by Gasteiger charge is 2.14. The molecule has 0 bridgehead atoms. The van der Waals surface area contributed by atoms with E-state index in [0.717, 1.165) is 33.6 Å². The van der Waals surface area contributed by atoms with Gasteiger partial charge in [0, 0.05) is 11.4 Å². The summed E-state index contributed by atoms with van der Waals surface area (Å²) in [5, 5.41) is 5.71. The molecule has 2 rings (SSSR count). The van der Waals surface area contributed by atoms with Gasteiger partial charge in [-0.05, 0) is 49.4 Å². The molecule has 2 aromatic rings. The van der Waals surface area contributed by atoms with E-state index in [-0.39, 0.29) is 18.2 Å². The molecule has 0 unspecified atom stereocenters. The molecule has 2 amide bonds. The van der Waals surface area contributed by atoms with Crippen molar-refractivity contribution < 1.29 is 9.59 Å². The first-order valence-corrected chi connectivity index (χ1v) is 8.54. The number of nitrogens with one attached hydrogen (secondary N) is 2. The summed E-state index contributed by atoms with van der Waals surface area (Å²) in [6, 6.07) is 11.7. The van der Waals surface area contributed by atoms with Crippen LogP contribution in [0.1, 0.15) is 48.4 Å². The van der Waals surface area contributed by atoms with Crippen molar-refractivity contribution in [2.45, 2.75) is 47.0 Å². The van der Waals surface area contributed by atoms with E-state index >= 15 is 0 Å². The second-order valence-corrected chi connectivity index (χ2v) is 6.79. The quantitative estimate of drug-likeness (QED) is 0.776. The summed E-state index contributed by atoms with van der Waals surface area (Å²) < 4.78 is 0. The molecule has 2 aromatic carbocycles. The molecule has 0 aliphatic rings. The first-order valence-electron chi connectivity index (χ1n) is 8.54. The van der Waals surface area contributed by atoms with E-state index in [1.807, 2.05) is 57.2 Å². The predicted molar refractivity (Wildman–Crippen MR) is 103 cm³/mol. The fourth-order valence-corrected chi connectivity index (χ4v) is 3.02. The van der Waals surface area contributed by atoms with Crippen molar-refractivity contribution in [3.63, 3.8) is 0 Å². The highest BCUT2D eigenvalue weighted by Crippen LogP contribution is 2.24. The number of hydrogen-bond acceptors (Lipinski definition) is 2. The lowest BCUT2D eigenvalue weighted by Gasteiger charge is -2.15. The second kappa shape index (κ2) is 7.97. The Morgan fingerprint density at radius 1 is 0.920 bits per heavy atom. The maximum atomic E-state index is 12.2. The Morgan fingerprint density at radius 2 is 1.48 bits per heavy atom. The Labute approximate surface area is 149 Å². The summed E-state index contributed by atoms with van der Waals surface area (Å²) in [5.74, 6) is -0.328. The first kappa shape index (κ1) is 18.7. The van der Waals surface area contributed by atoms with Crippen LogP contribution < -0.4 is 10.6 Å². The number of para-hydroxylation sites is 1. The van der Waals surface area contributed by atoms with Gasteiger partial charge in [0.05, 0.1) is 0 Å². The molecule has 0 saturated heterocycles. The standard InChI is InChI=1S/C21H26N2O2/c1-13(2)17-8-6-7-9-18(17)22-19(24)12-20(25)23-21-15(4)10-14(3)11-16(21)5/h6-11,13H,12H2,1-5H3,(H,22,24)(H,23,25). The number of hydrogen-bond donors (Lipinski definition) is 2. The molecule has 4 heteroatoms. The Bertz CT molecular complexity index is 771. The first-order chi connectivity index (χ1) is 11.8. The average Bonchev–Trinajstić information content (AvgIpc) is 2.51. The van der Waals surface area contributed by atoms with Gasteiger partial charge in [-0.1, -0.05) is 49.7 Å². The summed E-state index contributed by atoms with van der Waals surface area (Å²) in [6.45, 7) is 10.1. The molecule has 4 nitrogen and oxygen atoms in total. The van der Waals surface area contributed by atoms with Gasteiger partial charge in [0.1, 0.15) is 6.42 Å². The minimum atomic E-state index is -0.312.